The molecule has 8 heteroatoms. The standard InChI is InChI=1S/C28H33N5O3/c29-14-11-25-24(27(36)33(20-26(34)35)19-23-9-5-2-6-10-23)18-30-28(31-25)32-15-12-22(13-16-32)17-21-7-3-1-4-8-21/h1-10,18,22H,11-17,19-20,29H2,(H,34,35). The molecule has 1 fully saturated rings. The summed E-state index contributed by atoms with van der Waals surface area (Å²) in [5.74, 6) is -0.259. The fourth-order valence-corrected chi connectivity index (χ4v) is 4.69. The largest absolute Gasteiger partial charge is 0.480 e. The van der Waals surface area contributed by atoms with Gasteiger partial charge in [-0.1, -0.05) is 60.7 Å². The predicted molar refractivity (Wildman–Crippen MR) is 139 cm³/mol. The summed E-state index contributed by atoms with van der Waals surface area (Å²) in [7, 11) is 0. The van der Waals surface area contributed by atoms with E-state index >= 15 is 0 Å². The van der Waals surface area contributed by atoms with Crippen LogP contribution in [0.15, 0.2) is 66.9 Å². The molecule has 2 aromatic carbocycles. The normalized spacial score (nSPS) is 14.0. The van der Waals surface area contributed by atoms with Crippen molar-refractivity contribution in [1.29, 1.82) is 0 Å². The smallest absolute Gasteiger partial charge is 0.323 e. The number of carbonyl (C=O) groups excluding carboxylic acids is 1. The Balaban J connectivity index is 1.48. The minimum Gasteiger partial charge on any atom is -0.480 e. The molecule has 0 atom stereocenters. The van der Waals surface area contributed by atoms with Crippen LogP contribution < -0.4 is 10.6 Å². The average molecular weight is 488 g/mol. The van der Waals surface area contributed by atoms with E-state index < -0.39 is 18.4 Å². The lowest BCUT2D eigenvalue weighted by molar-refractivity contribution is -0.137. The van der Waals surface area contributed by atoms with Gasteiger partial charge >= 0.3 is 5.97 Å². The number of aromatic nitrogens is 2. The van der Waals surface area contributed by atoms with Gasteiger partial charge in [0, 0.05) is 32.3 Å². The van der Waals surface area contributed by atoms with Crippen LogP contribution >= 0.6 is 0 Å². The number of aliphatic carboxylic acids is 1. The lowest BCUT2D eigenvalue weighted by Crippen LogP contribution is -2.37. The van der Waals surface area contributed by atoms with Gasteiger partial charge in [0.1, 0.15) is 6.54 Å². The third-order valence-corrected chi connectivity index (χ3v) is 6.56. The van der Waals surface area contributed by atoms with Gasteiger partial charge in [0.05, 0.1) is 11.3 Å². The highest BCUT2D eigenvalue weighted by atomic mass is 16.4. The number of rotatable bonds is 10. The minimum atomic E-state index is -1.07. The summed E-state index contributed by atoms with van der Waals surface area (Å²) in [6.07, 6.45) is 5.12. The summed E-state index contributed by atoms with van der Waals surface area (Å²) in [5, 5.41) is 9.41. The molecule has 0 radical (unpaired) electrons. The molecule has 0 bridgehead atoms. The molecule has 0 saturated carbocycles. The third kappa shape index (κ3) is 6.66. The summed E-state index contributed by atoms with van der Waals surface area (Å²) < 4.78 is 0. The quantitative estimate of drug-likeness (QED) is 0.452. The number of nitrogens with two attached hydrogens (primary N) is 1. The SMILES string of the molecule is NCCc1nc(N2CCC(Cc3ccccc3)CC2)ncc1C(=O)N(CC(=O)O)Cc1ccccc1. The zero-order valence-electron chi connectivity index (χ0n) is 20.4. The maximum absolute atomic E-state index is 13.4. The van der Waals surface area contributed by atoms with Crippen LogP contribution in [0.3, 0.4) is 0 Å². The van der Waals surface area contributed by atoms with E-state index in [1.165, 1.54) is 16.7 Å². The molecule has 0 spiro atoms. The number of nitrogens with zero attached hydrogens (tertiary/aromatic N) is 4. The van der Waals surface area contributed by atoms with Gasteiger partial charge in [0.15, 0.2) is 0 Å². The van der Waals surface area contributed by atoms with Gasteiger partial charge in [-0.05, 0) is 42.9 Å². The summed E-state index contributed by atoms with van der Waals surface area (Å²) >= 11 is 0. The molecule has 0 unspecified atom stereocenters. The number of carboxylic acids is 1. The second kappa shape index (κ2) is 12.3. The van der Waals surface area contributed by atoms with Gasteiger partial charge in [-0.15, -0.1) is 0 Å². The molecule has 36 heavy (non-hydrogen) atoms. The van der Waals surface area contributed by atoms with Crippen LogP contribution in [-0.4, -0.2) is 58.0 Å². The lowest BCUT2D eigenvalue weighted by Gasteiger charge is -2.32. The molecule has 0 aliphatic carbocycles. The number of anilines is 1. The van der Waals surface area contributed by atoms with Gasteiger partial charge in [0.25, 0.3) is 5.91 Å². The van der Waals surface area contributed by atoms with Crippen molar-refractivity contribution >= 4 is 17.8 Å². The first-order valence-electron chi connectivity index (χ1n) is 12.4. The summed E-state index contributed by atoms with van der Waals surface area (Å²) in [6.45, 7) is 1.81. The van der Waals surface area contributed by atoms with Gasteiger partial charge < -0.3 is 20.6 Å². The van der Waals surface area contributed by atoms with E-state index in [1.54, 1.807) is 0 Å². The van der Waals surface area contributed by atoms with Crippen molar-refractivity contribution in [2.75, 3.05) is 31.1 Å². The molecule has 1 aliphatic rings. The van der Waals surface area contributed by atoms with Gasteiger partial charge in [-0.25, -0.2) is 9.97 Å². The summed E-state index contributed by atoms with van der Waals surface area (Å²) in [4.78, 5) is 37.6. The number of carboxylic acid groups (broad SMARTS) is 1. The topological polar surface area (TPSA) is 113 Å². The third-order valence-electron chi connectivity index (χ3n) is 6.56. The molecule has 1 amide bonds. The van der Waals surface area contributed by atoms with Crippen molar-refractivity contribution in [3.63, 3.8) is 0 Å². The zero-order chi connectivity index (χ0) is 25.3. The van der Waals surface area contributed by atoms with E-state index in [4.69, 9.17) is 10.7 Å². The van der Waals surface area contributed by atoms with Crippen molar-refractivity contribution in [1.82, 2.24) is 14.9 Å². The van der Waals surface area contributed by atoms with Crippen LogP contribution in [0.25, 0.3) is 0 Å². The molecule has 1 aromatic heterocycles. The van der Waals surface area contributed by atoms with E-state index in [0.29, 0.717) is 36.1 Å². The average Bonchev–Trinajstić information content (AvgIpc) is 2.89. The first-order valence-corrected chi connectivity index (χ1v) is 12.4. The van der Waals surface area contributed by atoms with Gasteiger partial charge in [0.2, 0.25) is 5.95 Å². The Bertz CT molecular complexity index is 1150. The van der Waals surface area contributed by atoms with E-state index in [1.807, 2.05) is 36.4 Å². The molecule has 4 rings (SSSR count). The minimum absolute atomic E-state index is 0.185. The van der Waals surface area contributed by atoms with Gasteiger partial charge in [-0.2, -0.15) is 0 Å². The maximum atomic E-state index is 13.4. The number of piperidine rings is 1. The highest BCUT2D eigenvalue weighted by Gasteiger charge is 2.26. The number of amides is 1. The Morgan fingerprint density at radius 1 is 1.00 bits per heavy atom. The first-order chi connectivity index (χ1) is 17.5. The monoisotopic (exact) mass is 487 g/mol. The molecule has 3 aromatic rings. The van der Waals surface area contributed by atoms with Crippen molar-refractivity contribution in [3.05, 3.63) is 89.2 Å². The van der Waals surface area contributed by atoms with E-state index in [2.05, 4.69) is 34.1 Å². The van der Waals surface area contributed by atoms with Crippen molar-refractivity contribution in [3.8, 4) is 0 Å². The fraction of sp³-hybridized carbons (Fsp3) is 0.357. The zero-order valence-corrected chi connectivity index (χ0v) is 20.4. The molecule has 3 N–H and O–H groups in total. The maximum Gasteiger partial charge on any atom is 0.323 e. The van der Waals surface area contributed by atoms with Crippen molar-refractivity contribution in [2.45, 2.75) is 32.2 Å². The van der Waals surface area contributed by atoms with Crippen LogP contribution in [0.5, 0.6) is 0 Å². The van der Waals surface area contributed by atoms with Gasteiger partial charge in [-0.3, -0.25) is 9.59 Å². The number of hydrogen-bond donors (Lipinski definition) is 2. The highest BCUT2D eigenvalue weighted by molar-refractivity contribution is 5.96. The van der Waals surface area contributed by atoms with Crippen LogP contribution in [0.4, 0.5) is 5.95 Å². The number of hydrogen-bond acceptors (Lipinski definition) is 6. The molecule has 1 aliphatic heterocycles. The van der Waals surface area contributed by atoms with Crippen LogP contribution in [0.1, 0.15) is 40.0 Å². The van der Waals surface area contributed by atoms with E-state index in [9.17, 15) is 14.7 Å². The van der Waals surface area contributed by atoms with Crippen LogP contribution in [0, 0.1) is 5.92 Å². The molecule has 8 nitrogen and oxygen atoms in total. The van der Waals surface area contributed by atoms with E-state index in [0.717, 1.165) is 37.9 Å². The predicted octanol–water partition coefficient (Wildman–Crippen LogP) is 3.16. The second-order valence-corrected chi connectivity index (χ2v) is 9.23. The first kappa shape index (κ1) is 25.3. The summed E-state index contributed by atoms with van der Waals surface area (Å²) in [5.41, 5.74) is 8.91. The summed E-state index contributed by atoms with van der Waals surface area (Å²) in [6, 6.07) is 19.9. The number of carbonyl (C=O) groups is 2. The molecule has 1 saturated heterocycles. The Morgan fingerprint density at radius 2 is 1.64 bits per heavy atom. The fourth-order valence-electron chi connectivity index (χ4n) is 4.69. The molecule has 188 valence electrons. The molecular formula is C28H33N5O3. The lowest BCUT2D eigenvalue weighted by atomic mass is 9.90. The van der Waals surface area contributed by atoms with Crippen LogP contribution in [-0.2, 0) is 24.2 Å². The van der Waals surface area contributed by atoms with Crippen molar-refractivity contribution < 1.29 is 14.7 Å². The second-order valence-electron chi connectivity index (χ2n) is 9.23. The Kier molecular flexibility index (Phi) is 8.62. The number of benzene rings is 2. The highest BCUT2D eigenvalue weighted by Crippen LogP contribution is 2.25. The molecule has 2 heterocycles. The van der Waals surface area contributed by atoms with Crippen molar-refractivity contribution in [2.24, 2.45) is 11.7 Å². The molecular weight excluding hydrogens is 454 g/mol. The Morgan fingerprint density at radius 3 is 2.25 bits per heavy atom. The Labute approximate surface area is 211 Å². The van der Waals surface area contributed by atoms with E-state index in [-0.39, 0.29) is 6.54 Å². The van der Waals surface area contributed by atoms with Crippen LogP contribution in [0.2, 0.25) is 0 Å². The Hall–Kier alpha value is -3.78.